The van der Waals surface area contributed by atoms with Gasteiger partial charge < -0.3 is 0 Å². The van der Waals surface area contributed by atoms with Crippen LogP contribution in [-0.4, -0.2) is 15.6 Å². The van der Waals surface area contributed by atoms with E-state index in [0.717, 1.165) is 0 Å². The van der Waals surface area contributed by atoms with Crippen LogP contribution in [0.1, 0.15) is 26.6 Å². The lowest BCUT2D eigenvalue weighted by Crippen LogP contribution is -2.38. The largest absolute Gasteiger partial charge is 0.280 e. The van der Waals surface area contributed by atoms with E-state index in [9.17, 15) is 9.59 Å². The number of aryl methyl sites for hydroxylation is 1. The summed E-state index contributed by atoms with van der Waals surface area (Å²) in [6, 6.07) is 7.13. The Kier molecular flexibility index (Phi) is 3.64. The third-order valence-corrected chi connectivity index (χ3v) is 2.91. The Bertz CT molecular complexity index is 674. The molecule has 0 fully saturated rings. The van der Waals surface area contributed by atoms with Crippen LogP contribution in [0.15, 0.2) is 29.1 Å². The molecule has 1 heterocycles. The minimum atomic E-state index is -0.239. The standard InChI is InChI=1S/C14H17N3O2/c1-4-12-15-11-8-6-5-7-10(11)14(19)17(12)16-13(18)9(2)3/h5-9H,4H2,1-3H3,(H,16,18). The first-order chi connectivity index (χ1) is 9.04. The van der Waals surface area contributed by atoms with Gasteiger partial charge in [0.25, 0.3) is 5.56 Å². The highest BCUT2D eigenvalue weighted by molar-refractivity contribution is 5.86. The lowest BCUT2D eigenvalue weighted by atomic mass is 10.2. The number of fused-ring (bicyclic) bond motifs is 1. The molecule has 5 heteroatoms. The van der Waals surface area contributed by atoms with Crippen molar-refractivity contribution in [2.75, 3.05) is 5.43 Å². The van der Waals surface area contributed by atoms with Gasteiger partial charge in [-0.2, -0.15) is 0 Å². The number of hydrogen-bond donors (Lipinski definition) is 1. The van der Waals surface area contributed by atoms with Gasteiger partial charge in [0, 0.05) is 12.3 Å². The van der Waals surface area contributed by atoms with E-state index in [-0.39, 0.29) is 17.4 Å². The number of amides is 1. The first-order valence-electron chi connectivity index (χ1n) is 6.36. The molecule has 1 aromatic carbocycles. The molecule has 1 amide bonds. The summed E-state index contributed by atoms with van der Waals surface area (Å²) >= 11 is 0. The molecule has 0 saturated heterocycles. The Morgan fingerprint density at radius 3 is 2.68 bits per heavy atom. The molecule has 0 aliphatic rings. The maximum atomic E-state index is 12.4. The van der Waals surface area contributed by atoms with Crippen molar-refractivity contribution in [1.82, 2.24) is 9.66 Å². The summed E-state index contributed by atoms with van der Waals surface area (Å²) in [5.74, 6) is 0.162. The number of benzene rings is 1. The molecule has 0 bridgehead atoms. The van der Waals surface area contributed by atoms with Crippen molar-refractivity contribution >= 4 is 16.8 Å². The molecule has 0 aliphatic carbocycles. The molecule has 0 saturated carbocycles. The fourth-order valence-corrected chi connectivity index (χ4v) is 1.77. The molecule has 0 aliphatic heterocycles. The Hall–Kier alpha value is -2.17. The summed E-state index contributed by atoms with van der Waals surface area (Å²) in [5.41, 5.74) is 3.04. The second kappa shape index (κ2) is 5.22. The lowest BCUT2D eigenvalue weighted by Gasteiger charge is -2.14. The third-order valence-electron chi connectivity index (χ3n) is 2.91. The van der Waals surface area contributed by atoms with E-state index in [1.807, 2.05) is 13.0 Å². The molecule has 0 spiro atoms. The normalized spacial score (nSPS) is 10.9. The minimum Gasteiger partial charge on any atom is -0.273 e. The number of para-hydroxylation sites is 1. The number of nitrogens with zero attached hydrogens (tertiary/aromatic N) is 2. The van der Waals surface area contributed by atoms with Crippen molar-refractivity contribution in [2.24, 2.45) is 5.92 Å². The van der Waals surface area contributed by atoms with Crippen molar-refractivity contribution in [3.05, 3.63) is 40.4 Å². The summed E-state index contributed by atoms with van der Waals surface area (Å²) in [7, 11) is 0. The Labute approximate surface area is 111 Å². The number of carbonyl (C=O) groups excluding carboxylic acids is 1. The van der Waals surface area contributed by atoms with Gasteiger partial charge in [0.1, 0.15) is 5.82 Å². The van der Waals surface area contributed by atoms with Crippen molar-refractivity contribution in [2.45, 2.75) is 27.2 Å². The molecule has 0 atom stereocenters. The van der Waals surface area contributed by atoms with E-state index >= 15 is 0 Å². The smallest absolute Gasteiger partial charge is 0.273 e. The second-order valence-corrected chi connectivity index (χ2v) is 4.67. The fourth-order valence-electron chi connectivity index (χ4n) is 1.77. The van der Waals surface area contributed by atoms with Gasteiger partial charge in [0.2, 0.25) is 5.91 Å². The molecule has 1 N–H and O–H groups in total. The predicted octanol–water partition coefficient (Wildman–Crippen LogP) is 1.68. The molecule has 19 heavy (non-hydrogen) atoms. The molecule has 100 valence electrons. The van der Waals surface area contributed by atoms with Crippen molar-refractivity contribution in [1.29, 1.82) is 0 Å². The summed E-state index contributed by atoms with van der Waals surface area (Å²) in [4.78, 5) is 28.6. The number of nitrogens with one attached hydrogen (secondary N) is 1. The Morgan fingerprint density at radius 2 is 2.05 bits per heavy atom. The highest BCUT2D eigenvalue weighted by atomic mass is 16.2. The molecule has 0 unspecified atom stereocenters. The predicted molar refractivity (Wildman–Crippen MR) is 74.6 cm³/mol. The van der Waals surface area contributed by atoms with Crippen LogP contribution < -0.4 is 11.0 Å². The van der Waals surface area contributed by atoms with Crippen LogP contribution >= 0.6 is 0 Å². The summed E-state index contributed by atoms with van der Waals surface area (Å²) in [6.07, 6.45) is 0.568. The average Bonchev–Trinajstić information content (AvgIpc) is 2.41. The van der Waals surface area contributed by atoms with E-state index in [1.54, 1.807) is 32.0 Å². The van der Waals surface area contributed by atoms with E-state index in [1.165, 1.54) is 4.68 Å². The van der Waals surface area contributed by atoms with Crippen LogP contribution in [0.25, 0.3) is 10.9 Å². The van der Waals surface area contributed by atoms with Gasteiger partial charge in [-0.05, 0) is 12.1 Å². The van der Waals surface area contributed by atoms with E-state index in [2.05, 4.69) is 10.4 Å². The van der Waals surface area contributed by atoms with Gasteiger partial charge in [0.15, 0.2) is 0 Å². The zero-order valence-electron chi connectivity index (χ0n) is 11.3. The van der Waals surface area contributed by atoms with Crippen molar-refractivity contribution < 1.29 is 4.79 Å². The van der Waals surface area contributed by atoms with Gasteiger partial charge in [-0.3, -0.25) is 15.0 Å². The highest BCUT2D eigenvalue weighted by Gasteiger charge is 2.13. The zero-order chi connectivity index (χ0) is 14.0. The maximum Gasteiger partial charge on any atom is 0.280 e. The van der Waals surface area contributed by atoms with Crippen LogP contribution in [0, 0.1) is 5.92 Å². The Morgan fingerprint density at radius 1 is 1.37 bits per heavy atom. The second-order valence-electron chi connectivity index (χ2n) is 4.67. The van der Waals surface area contributed by atoms with Gasteiger partial charge in [-0.1, -0.05) is 32.9 Å². The summed E-state index contributed by atoms with van der Waals surface area (Å²) in [5, 5.41) is 0.503. The van der Waals surface area contributed by atoms with Crippen LogP contribution in [-0.2, 0) is 11.2 Å². The fraction of sp³-hybridized carbons (Fsp3) is 0.357. The van der Waals surface area contributed by atoms with Crippen molar-refractivity contribution in [3.8, 4) is 0 Å². The minimum absolute atomic E-state index is 0.192. The molecule has 5 nitrogen and oxygen atoms in total. The number of rotatable bonds is 3. The van der Waals surface area contributed by atoms with Gasteiger partial charge in [0.05, 0.1) is 10.9 Å². The molecule has 2 rings (SSSR count). The van der Waals surface area contributed by atoms with Crippen LogP contribution in [0.3, 0.4) is 0 Å². The number of carbonyl (C=O) groups is 1. The monoisotopic (exact) mass is 259 g/mol. The van der Waals surface area contributed by atoms with Crippen molar-refractivity contribution in [3.63, 3.8) is 0 Å². The van der Waals surface area contributed by atoms with Gasteiger partial charge in [-0.25, -0.2) is 9.66 Å². The summed E-state index contributed by atoms with van der Waals surface area (Å²) in [6.45, 7) is 5.45. The SMILES string of the molecule is CCc1nc2ccccc2c(=O)n1NC(=O)C(C)C. The summed E-state index contributed by atoms with van der Waals surface area (Å²) < 4.78 is 1.25. The Balaban J connectivity index is 2.62. The van der Waals surface area contributed by atoms with Gasteiger partial charge >= 0.3 is 0 Å². The highest BCUT2D eigenvalue weighted by Crippen LogP contribution is 2.07. The molecule has 0 radical (unpaired) electrons. The molecular weight excluding hydrogens is 242 g/mol. The first kappa shape index (κ1) is 13.3. The topological polar surface area (TPSA) is 64.0 Å². The lowest BCUT2D eigenvalue weighted by molar-refractivity contribution is -0.119. The van der Waals surface area contributed by atoms with Crippen LogP contribution in [0.5, 0.6) is 0 Å². The number of aromatic nitrogens is 2. The van der Waals surface area contributed by atoms with E-state index < -0.39 is 0 Å². The maximum absolute atomic E-state index is 12.4. The molecule has 2 aromatic rings. The first-order valence-corrected chi connectivity index (χ1v) is 6.36. The molecule has 1 aromatic heterocycles. The quantitative estimate of drug-likeness (QED) is 0.912. The number of hydrogen-bond acceptors (Lipinski definition) is 3. The van der Waals surface area contributed by atoms with Gasteiger partial charge in [-0.15, -0.1) is 0 Å². The molecular formula is C14H17N3O2. The van der Waals surface area contributed by atoms with E-state index in [0.29, 0.717) is 23.1 Å². The average molecular weight is 259 g/mol. The van der Waals surface area contributed by atoms with Crippen LogP contribution in [0.2, 0.25) is 0 Å². The van der Waals surface area contributed by atoms with Crippen LogP contribution in [0.4, 0.5) is 0 Å². The third kappa shape index (κ3) is 2.50. The zero-order valence-corrected chi connectivity index (χ0v) is 11.3. The van der Waals surface area contributed by atoms with E-state index in [4.69, 9.17) is 0 Å².